The lowest BCUT2D eigenvalue weighted by molar-refractivity contribution is 0.283. The van der Waals surface area contributed by atoms with Crippen molar-refractivity contribution in [3.63, 3.8) is 0 Å². The molecule has 21 heavy (non-hydrogen) atoms. The van der Waals surface area contributed by atoms with Gasteiger partial charge >= 0.3 is 0 Å². The van der Waals surface area contributed by atoms with Crippen LogP contribution in [0.5, 0.6) is 0 Å². The fourth-order valence-corrected chi connectivity index (χ4v) is 2.67. The van der Waals surface area contributed by atoms with E-state index in [4.69, 9.17) is 0 Å². The highest BCUT2D eigenvalue weighted by Crippen LogP contribution is 2.25. The summed E-state index contributed by atoms with van der Waals surface area (Å²) in [5.74, 6) is 0.781. The summed E-state index contributed by atoms with van der Waals surface area (Å²) in [4.78, 5) is 4.51. The van der Waals surface area contributed by atoms with Gasteiger partial charge < -0.3 is 5.11 Å². The Bertz CT molecular complexity index is 943. The van der Waals surface area contributed by atoms with Crippen molar-refractivity contribution >= 4 is 21.7 Å². The average molecular weight is 275 g/mol. The van der Waals surface area contributed by atoms with Crippen LogP contribution in [-0.4, -0.2) is 19.9 Å². The van der Waals surface area contributed by atoms with Gasteiger partial charge in [-0.1, -0.05) is 42.5 Å². The standard InChI is InChI=1S/C17H13N3O/c21-11-13-9-18-17(15-7-3-2-6-14(13)15)20-16-8-4-1-5-12(16)10-19-20/h1-10,21H,11H2. The van der Waals surface area contributed by atoms with Crippen LogP contribution in [0.4, 0.5) is 0 Å². The molecule has 0 saturated carbocycles. The van der Waals surface area contributed by atoms with Gasteiger partial charge in [0.1, 0.15) is 0 Å². The summed E-state index contributed by atoms with van der Waals surface area (Å²) in [5.41, 5.74) is 1.85. The lowest BCUT2D eigenvalue weighted by atomic mass is 10.1. The maximum Gasteiger partial charge on any atom is 0.161 e. The second kappa shape index (κ2) is 4.68. The second-order valence-corrected chi connectivity index (χ2v) is 4.93. The Labute approximate surface area is 121 Å². The number of hydrogen-bond donors (Lipinski definition) is 1. The quantitative estimate of drug-likeness (QED) is 0.611. The van der Waals surface area contributed by atoms with Crippen LogP contribution < -0.4 is 0 Å². The van der Waals surface area contributed by atoms with Crippen LogP contribution in [0.1, 0.15) is 5.56 Å². The molecule has 0 atom stereocenters. The summed E-state index contributed by atoms with van der Waals surface area (Å²) in [5, 5.41) is 17.0. The molecule has 4 rings (SSSR count). The van der Waals surface area contributed by atoms with E-state index in [1.807, 2.05) is 59.4 Å². The molecule has 4 aromatic rings. The number of aliphatic hydroxyl groups excluding tert-OH is 1. The van der Waals surface area contributed by atoms with Crippen LogP contribution >= 0.6 is 0 Å². The van der Waals surface area contributed by atoms with E-state index in [9.17, 15) is 5.11 Å². The average Bonchev–Trinajstić information content (AvgIpc) is 2.98. The summed E-state index contributed by atoms with van der Waals surface area (Å²) in [7, 11) is 0. The molecule has 1 N–H and O–H groups in total. The molecule has 0 amide bonds. The first kappa shape index (κ1) is 12.1. The van der Waals surface area contributed by atoms with E-state index < -0.39 is 0 Å². The van der Waals surface area contributed by atoms with E-state index >= 15 is 0 Å². The van der Waals surface area contributed by atoms with Crippen LogP contribution in [0.25, 0.3) is 27.5 Å². The molecule has 0 aliphatic rings. The number of rotatable bonds is 2. The Balaban J connectivity index is 2.07. The minimum Gasteiger partial charge on any atom is -0.392 e. The topological polar surface area (TPSA) is 50.9 Å². The van der Waals surface area contributed by atoms with Crippen molar-refractivity contribution in [2.45, 2.75) is 6.61 Å². The minimum atomic E-state index is -0.0202. The molecule has 2 heterocycles. The summed E-state index contributed by atoms with van der Waals surface area (Å²) < 4.78 is 1.85. The van der Waals surface area contributed by atoms with Crippen LogP contribution in [0.2, 0.25) is 0 Å². The van der Waals surface area contributed by atoms with Gasteiger partial charge in [-0.05, 0) is 11.5 Å². The Morgan fingerprint density at radius 3 is 2.52 bits per heavy atom. The molecule has 0 radical (unpaired) electrons. The van der Waals surface area contributed by atoms with E-state index in [1.54, 1.807) is 6.20 Å². The van der Waals surface area contributed by atoms with Crippen molar-refractivity contribution in [2.75, 3.05) is 0 Å². The SMILES string of the molecule is OCc1cnc(-n2ncc3ccccc32)c2ccccc12. The second-order valence-electron chi connectivity index (χ2n) is 4.93. The van der Waals surface area contributed by atoms with Crippen LogP contribution in [-0.2, 0) is 6.61 Å². The molecule has 0 fully saturated rings. The fraction of sp³-hybridized carbons (Fsp3) is 0.0588. The minimum absolute atomic E-state index is 0.0202. The molecule has 4 heteroatoms. The maximum atomic E-state index is 9.47. The van der Waals surface area contributed by atoms with E-state index in [0.29, 0.717) is 0 Å². The molecule has 0 bridgehead atoms. The van der Waals surface area contributed by atoms with E-state index in [0.717, 1.165) is 33.1 Å². The molecule has 4 nitrogen and oxygen atoms in total. The molecule has 0 aliphatic carbocycles. The molecule has 0 unspecified atom stereocenters. The van der Waals surface area contributed by atoms with Gasteiger partial charge in [0.05, 0.1) is 18.3 Å². The van der Waals surface area contributed by atoms with Gasteiger partial charge in [-0.25, -0.2) is 9.67 Å². The zero-order chi connectivity index (χ0) is 14.2. The van der Waals surface area contributed by atoms with Gasteiger partial charge in [0.15, 0.2) is 5.82 Å². The van der Waals surface area contributed by atoms with E-state index in [2.05, 4.69) is 10.1 Å². The largest absolute Gasteiger partial charge is 0.392 e. The molecule has 2 aromatic heterocycles. The number of para-hydroxylation sites is 1. The van der Waals surface area contributed by atoms with Crippen molar-refractivity contribution in [1.82, 2.24) is 14.8 Å². The van der Waals surface area contributed by atoms with Gasteiger partial charge in [-0.3, -0.25) is 0 Å². The summed E-state index contributed by atoms with van der Waals surface area (Å²) in [6.07, 6.45) is 3.56. The van der Waals surface area contributed by atoms with E-state index in [-0.39, 0.29) is 6.61 Å². The summed E-state index contributed by atoms with van der Waals surface area (Å²) in [6, 6.07) is 16.0. The number of benzene rings is 2. The van der Waals surface area contributed by atoms with Gasteiger partial charge in [0.2, 0.25) is 0 Å². The lowest BCUT2D eigenvalue weighted by Crippen LogP contribution is -2.02. The first-order chi connectivity index (χ1) is 10.4. The maximum absolute atomic E-state index is 9.47. The Hall–Kier alpha value is -2.72. The first-order valence-electron chi connectivity index (χ1n) is 6.79. The Kier molecular flexibility index (Phi) is 2.69. The van der Waals surface area contributed by atoms with Crippen molar-refractivity contribution < 1.29 is 5.11 Å². The normalized spacial score (nSPS) is 11.3. The molecular formula is C17H13N3O. The predicted molar refractivity (Wildman–Crippen MR) is 82.3 cm³/mol. The van der Waals surface area contributed by atoms with Crippen molar-refractivity contribution in [3.05, 3.63) is 66.5 Å². The van der Waals surface area contributed by atoms with Crippen molar-refractivity contribution in [2.24, 2.45) is 0 Å². The predicted octanol–water partition coefficient (Wildman–Crippen LogP) is 3.07. The molecule has 0 saturated heterocycles. The lowest BCUT2D eigenvalue weighted by Gasteiger charge is -2.09. The van der Waals surface area contributed by atoms with Gasteiger partial charge in [0.25, 0.3) is 0 Å². The molecule has 0 spiro atoms. The Morgan fingerprint density at radius 2 is 1.67 bits per heavy atom. The number of aromatic nitrogens is 3. The molecule has 0 aliphatic heterocycles. The van der Waals surface area contributed by atoms with Crippen LogP contribution in [0, 0.1) is 0 Å². The van der Waals surface area contributed by atoms with E-state index in [1.165, 1.54) is 0 Å². The van der Waals surface area contributed by atoms with Gasteiger partial charge in [-0.15, -0.1) is 0 Å². The molecule has 2 aromatic carbocycles. The number of pyridine rings is 1. The number of hydrogen-bond acceptors (Lipinski definition) is 3. The molecule has 102 valence electrons. The third-order valence-corrected chi connectivity index (χ3v) is 3.70. The third-order valence-electron chi connectivity index (χ3n) is 3.70. The zero-order valence-corrected chi connectivity index (χ0v) is 11.3. The summed E-state index contributed by atoms with van der Waals surface area (Å²) in [6.45, 7) is -0.0202. The van der Waals surface area contributed by atoms with Crippen molar-refractivity contribution in [1.29, 1.82) is 0 Å². The molecular weight excluding hydrogens is 262 g/mol. The highest BCUT2D eigenvalue weighted by Gasteiger charge is 2.11. The first-order valence-corrected chi connectivity index (χ1v) is 6.79. The Morgan fingerprint density at radius 1 is 0.905 bits per heavy atom. The fourth-order valence-electron chi connectivity index (χ4n) is 2.67. The number of fused-ring (bicyclic) bond motifs is 2. The third kappa shape index (κ3) is 1.80. The highest BCUT2D eigenvalue weighted by atomic mass is 16.3. The monoisotopic (exact) mass is 275 g/mol. The van der Waals surface area contributed by atoms with Gasteiger partial charge in [-0.2, -0.15) is 5.10 Å². The number of nitrogens with zero attached hydrogens (tertiary/aromatic N) is 3. The number of aliphatic hydroxyl groups is 1. The van der Waals surface area contributed by atoms with Crippen LogP contribution in [0.3, 0.4) is 0 Å². The zero-order valence-electron chi connectivity index (χ0n) is 11.3. The van der Waals surface area contributed by atoms with Crippen LogP contribution in [0.15, 0.2) is 60.9 Å². The van der Waals surface area contributed by atoms with Gasteiger partial charge in [0, 0.05) is 22.5 Å². The smallest absolute Gasteiger partial charge is 0.161 e. The van der Waals surface area contributed by atoms with Crippen molar-refractivity contribution in [3.8, 4) is 5.82 Å². The highest BCUT2D eigenvalue weighted by molar-refractivity contribution is 5.92. The summed E-state index contributed by atoms with van der Waals surface area (Å²) >= 11 is 0.